The zero-order valence-electron chi connectivity index (χ0n) is 9.73. The second-order valence-electron chi connectivity index (χ2n) is 4.17. The van der Waals surface area contributed by atoms with E-state index in [0.29, 0.717) is 0 Å². The molecule has 1 nitrogen and oxygen atoms in total. The van der Waals surface area contributed by atoms with Crippen molar-refractivity contribution in [3.05, 3.63) is 54.6 Å². The summed E-state index contributed by atoms with van der Waals surface area (Å²) in [6.45, 7) is 6.17. The molecule has 0 aromatic heterocycles. The average Bonchev–Trinajstić information content (AvgIpc) is 2.85. The lowest BCUT2D eigenvalue weighted by Crippen LogP contribution is -2.17. The van der Waals surface area contributed by atoms with Gasteiger partial charge in [0.15, 0.2) is 0 Å². The third-order valence-electron chi connectivity index (χ3n) is 2.99. The van der Waals surface area contributed by atoms with Crippen LogP contribution in [0.5, 0.6) is 0 Å². The summed E-state index contributed by atoms with van der Waals surface area (Å²) in [5, 5.41) is 0. The first kappa shape index (κ1) is 11.0. The molecule has 1 aliphatic rings. The molecule has 0 unspecified atom stereocenters. The van der Waals surface area contributed by atoms with E-state index >= 15 is 0 Å². The highest BCUT2D eigenvalue weighted by Crippen LogP contribution is 2.24. The first-order valence-electron chi connectivity index (χ1n) is 6.03. The molecule has 1 aromatic carbocycles. The van der Waals surface area contributed by atoms with Crippen molar-refractivity contribution in [2.24, 2.45) is 0 Å². The molecule has 16 heavy (non-hydrogen) atoms. The van der Waals surface area contributed by atoms with Gasteiger partial charge < -0.3 is 4.90 Å². The van der Waals surface area contributed by atoms with Gasteiger partial charge in [0.2, 0.25) is 0 Å². The van der Waals surface area contributed by atoms with Crippen molar-refractivity contribution in [1.29, 1.82) is 0 Å². The minimum Gasteiger partial charge on any atom is -0.371 e. The fourth-order valence-electron chi connectivity index (χ4n) is 2.19. The van der Waals surface area contributed by atoms with Gasteiger partial charge in [-0.1, -0.05) is 42.5 Å². The summed E-state index contributed by atoms with van der Waals surface area (Å²) in [5.74, 6) is 0. The van der Waals surface area contributed by atoms with Crippen LogP contribution in [0.15, 0.2) is 49.1 Å². The Hall–Kier alpha value is -1.50. The summed E-state index contributed by atoms with van der Waals surface area (Å²) < 4.78 is 0. The van der Waals surface area contributed by atoms with Crippen LogP contribution in [0.1, 0.15) is 24.8 Å². The maximum Gasteiger partial charge on any atom is 0.0402 e. The van der Waals surface area contributed by atoms with Crippen molar-refractivity contribution in [3.63, 3.8) is 0 Å². The molecule has 0 N–H and O–H groups in total. The Balaban J connectivity index is 2.23. The zero-order chi connectivity index (χ0) is 11.2. The standard InChI is InChI=1S/C15H19N/c1-2-3-11-15(16-12-7-8-13-16)14-9-5-4-6-10-14/h2,4-6,9-11H,1,3,7-8,12-13H2. The summed E-state index contributed by atoms with van der Waals surface area (Å²) in [6.07, 6.45) is 7.82. The SMILES string of the molecule is C=CCC=C(c1ccccc1)N1CCCC1. The molecule has 1 fully saturated rings. The lowest BCUT2D eigenvalue weighted by molar-refractivity contribution is 0.492. The Kier molecular flexibility index (Phi) is 3.81. The van der Waals surface area contributed by atoms with Gasteiger partial charge in [-0.05, 0) is 24.8 Å². The van der Waals surface area contributed by atoms with Crippen LogP contribution in [-0.2, 0) is 0 Å². The number of rotatable bonds is 4. The number of benzene rings is 1. The van der Waals surface area contributed by atoms with E-state index in [4.69, 9.17) is 0 Å². The maximum atomic E-state index is 3.79. The van der Waals surface area contributed by atoms with Gasteiger partial charge in [-0.15, -0.1) is 6.58 Å². The van der Waals surface area contributed by atoms with E-state index in [0.717, 1.165) is 6.42 Å². The van der Waals surface area contributed by atoms with Gasteiger partial charge in [-0.3, -0.25) is 0 Å². The van der Waals surface area contributed by atoms with E-state index in [1.54, 1.807) is 0 Å². The van der Waals surface area contributed by atoms with Crippen molar-refractivity contribution in [2.75, 3.05) is 13.1 Å². The van der Waals surface area contributed by atoms with E-state index < -0.39 is 0 Å². The highest BCUT2D eigenvalue weighted by atomic mass is 15.1. The van der Waals surface area contributed by atoms with Crippen molar-refractivity contribution in [3.8, 4) is 0 Å². The summed E-state index contributed by atoms with van der Waals surface area (Å²) in [5.41, 5.74) is 2.70. The average molecular weight is 213 g/mol. The monoisotopic (exact) mass is 213 g/mol. The molecule has 1 heterocycles. The third kappa shape index (κ3) is 2.54. The summed E-state index contributed by atoms with van der Waals surface area (Å²) in [7, 11) is 0. The molecule has 0 bridgehead atoms. The van der Waals surface area contributed by atoms with Crippen LogP contribution < -0.4 is 0 Å². The number of nitrogens with zero attached hydrogens (tertiary/aromatic N) is 1. The molecule has 0 spiro atoms. The van der Waals surface area contributed by atoms with E-state index in [-0.39, 0.29) is 0 Å². The molecule has 1 aliphatic heterocycles. The Morgan fingerprint density at radius 2 is 1.88 bits per heavy atom. The molecule has 1 saturated heterocycles. The lowest BCUT2D eigenvalue weighted by Gasteiger charge is -2.22. The fraction of sp³-hybridized carbons (Fsp3) is 0.333. The zero-order valence-corrected chi connectivity index (χ0v) is 9.73. The highest BCUT2D eigenvalue weighted by Gasteiger charge is 2.15. The van der Waals surface area contributed by atoms with Crippen LogP contribution in [0.4, 0.5) is 0 Å². The molecule has 1 aromatic rings. The lowest BCUT2D eigenvalue weighted by atomic mass is 10.1. The fourth-order valence-corrected chi connectivity index (χ4v) is 2.19. The Labute approximate surface area is 98.1 Å². The van der Waals surface area contributed by atoms with Gasteiger partial charge in [0.25, 0.3) is 0 Å². The number of allylic oxidation sites excluding steroid dienone is 2. The van der Waals surface area contributed by atoms with Crippen LogP contribution in [0.2, 0.25) is 0 Å². The van der Waals surface area contributed by atoms with Crippen molar-refractivity contribution in [1.82, 2.24) is 4.90 Å². The molecule has 0 atom stereocenters. The number of hydrogen-bond acceptors (Lipinski definition) is 1. The highest BCUT2D eigenvalue weighted by molar-refractivity contribution is 5.64. The van der Waals surface area contributed by atoms with Gasteiger partial charge in [-0.25, -0.2) is 0 Å². The minimum absolute atomic E-state index is 0.945. The Bertz CT molecular complexity index is 358. The number of hydrogen-bond donors (Lipinski definition) is 0. The molecule has 0 amide bonds. The third-order valence-corrected chi connectivity index (χ3v) is 2.99. The van der Waals surface area contributed by atoms with Crippen molar-refractivity contribution >= 4 is 5.70 Å². The summed E-state index contributed by atoms with van der Waals surface area (Å²) in [6, 6.07) is 10.7. The van der Waals surface area contributed by atoms with E-state index in [1.165, 1.54) is 37.2 Å². The molecular formula is C15H19N. The maximum absolute atomic E-state index is 3.79. The topological polar surface area (TPSA) is 3.24 Å². The van der Waals surface area contributed by atoms with Gasteiger partial charge in [0.1, 0.15) is 0 Å². The van der Waals surface area contributed by atoms with Crippen LogP contribution in [0.3, 0.4) is 0 Å². The van der Waals surface area contributed by atoms with Crippen LogP contribution in [0, 0.1) is 0 Å². The van der Waals surface area contributed by atoms with Crippen LogP contribution >= 0.6 is 0 Å². The van der Waals surface area contributed by atoms with Crippen molar-refractivity contribution < 1.29 is 0 Å². The van der Waals surface area contributed by atoms with E-state index in [2.05, 4.69) is 47.9 Å². The van der Waals surface area contributed by atoms with E-state index in [9.17, 15) is 0 Å². The summed E-state index contributed by atoms with van der Waals surface area (Å²) >= 11 is 0. The van der Waals surface area contributed by atoms with Crippen LogP contribution in [0.25, 0.3) is 5.70 Å². The van der Waals surface area contributed by atoms with Gasteiger partial charge in [-0.2, -0.15) is 0 Å². The van der Waals surface area contributed by atoms with Crippen molar-refractivity contribution in [2.45, 2.75) is 19.3 Å². The summed E-state index contributed by atoms with van der Waals surface area (Å²) in [4.78, 5) is 2.48. The first-order valence-corrected chi connectivity index (χ1v) is 6.03. The second-order valence-corrected chi connectivity index (χ2v) is 4.17. The minimum atomic E-state index is 0.945. The molecule has 0 aliphatic carbocycles. The largest absolute Gasteiger partial charge is 0.371 e. The van der Waals surface area contributed by atoms with Gasteiger partial charge >= 0.3 is 0 Å². The first-order chi connectivity index (χ1) is 7.92. The molecule has 84 valence electrons. The molecule has 2 rings (SSSR count). The quantitative estimate of drug-likeness (QED) is 0.689. The molecule has 0 saturated carbocycles. The number of likely N-dealkylation sites (tertiary alicyclic amines) is 1. The van der Waals surface area contributed by atoms with Gasteiger partial charge in [0.05, 0.1) is 0 Å². The normalized spacial score (nSPS) is 16.5. The smallest absolute Gasteiger partial charge is 0.0402 e. The molecular weight excluding hydrogens is 194 g/mol. The van der Waals surface area contributed by atoms with Gasteiger partial charge in [0, 0.05) is 18.8 Å². The molecule has 0 radical (unpaired) electrons. The Morgan fingerprint density at radius 1 is 1.19 bits per heavy atom. The van der Waals surface area contributed by atoms with E-state index in [1.807, 2.05) is 6.08 Å². The van der Waals surface area contributed by atoms with Crippen LogP contribution in [-0.4, -0.2) is 18.0 Å². The predicted molar refractivity (Wildman–Crippen MR) is 70.0 cm³/mol. The Morgan fingerprint density at radius 3 is 2.50 bits per heavy atom. The predicted octanol–water partition coefficient (Wildman–Crippen LogP) is 3.70. The molecule has 1 heteroatoms. The second kappa shape index (κ2) is 5.55.